The van der Waals surface area contributed by atoms with E-state index in [0.717, 1.165) is 33.2 Å². The molecule has 2 unspecified atom stereocenters. The Hall–Kier alpha value is -3.63. The van der Waals surface area contributed by atoms with Crippen LogP contribution in [-0.4, -0.2) is 11.0 Å². The summed E-state index contributed by atoms with van der Waals surface area (Å²) in [6.45, 7) is 4.39. The van der Waals surface area contributed by atoms with Gasteiger partial charge in [0.15, 0.2) is 6.23 Å². The quantitative estimate of drug-likeness (QED) is 0.316. The number of anilines is 1. The van der Waals surface area contributed by atoms with Gasteiger partial charge in [-0.2, -0.15) is 0 Å². The van der Waals surface area contributed by atoms with Gasteiger partial charge in [-0.3, -0.25) is 0 Å². The molecule has 2 aromatic heterocycles. The van der Waals surface area contributed by atoms with Crippen molar-refractivity contribution in [3.8, 4) is 0 Å². The van der Waals surface area contributed by atoms with Gasteiger partial charge in [-0.1, -0.05) is 60.7 Å². The SMILES string of the molecule is Cc1cc2oc3ncccc3c2cc1N1C(c2ccccc2)OC(c2ccccc2)[C@@H]1C. The van der Waals surface area contributed by atoms with Crippen molar-refractivity contribution in [2.45, 2.75) is 32.2 Å². The molecule has 0 amide bonds. The van der Waals surface area contributed by atoms with Crippen molar-refractivity contribution in [1.82, 2.24) is 4.98 Å². The Balaban J connectivity index is 1.53. The molecule has 4 heteroatoms. The molecule has 1 saturated heterocycles. The largest absolute Gasteiger partial charge is 0.438 e. The average Bonchev–Trinajstić information content (AvgIpc) is 3.36. The highest BCUT2D eigenvalue weighted by atomic mass is 16.5. The maximum Gasteiger partial charge on any atom is 0.227 e. The lowest BCUT2D eigenvalue weighted by Crippen LogP contribution is -2.32. The summed E-state index contributed by atoms with van der Waals surface area (Å²) in [6, 6.07) is 29.5. The highest BCUT2D eigenvalue weighted by Crippen LogP contribution is 2.47. The Morgan fingerprint density at radius 3 is 2.28 bits per heavy atom. The second kappa shape index (κ2) is 7.50. The smallest absolute Gasteiger partial charge is 0.227 e. The van der Waals surface area contributed by atoms with Crippen LogP contribution in [0.5, 0.6) is 0 Å². The molecule has 32 heavy (non-hydrogen) atoms. The van der Waals surface area contributed by atoms with E-state index in [1.165, 1.54) is 5.56 Å². The number of aromatic nitrogens is 1. The number of hydrogen-bond donors (Lipinski definition) is 0. The third-order valence-electron chi connectivity index (χ3n) is 6.46. The third kappa shape index (κ3) is 2.99. The summed E-state index contributed by atoms with van der Waals surface area (Å²) >= 11 is 0. The Morgan fingerprint density at radius 2 is 1.53 bits per heavy atom. The summed E-state index contributed by atoms with van der Waals surface area (Å²) < 4.78 is 12.8. The summed E-state index contributed by atoms with van der Waals surface area (Å²) in [5.41, 5.74) is 6.19. The normalized spacial score (nSPS) is 20.9. The molecule has 3 aromatic carbocycles. The molecule has 0 aliphatic carbocycles. The van der Waals surface area contributed by atoms with Crippen molar-refractivity contribution >= 4 is 27.8 Å². The molecular formula is C28H24N2O2. The fourth-order valence-electron chi connectivity index (χ4n) is 4.90. The molecular weight excluding hydrogens is 396 g/mol. The second-order valence-electron chi connectivity index (χ2n) is 8.47. The van der Waals surface area contributed by atoms with E-state index in [4.69, 9.17) is 9.15 Å². The highest BCUT2D eigenvalue weighted by Gasteiger charge is 2.41. The minimum absolute atomic E-state index is 0.0285. The first-order valence-electron chi connectivity index (χ1n) is 11.0. The van der Waals surface area contributed by atoms with Crippen LogP contribution in [0, 0.1) is 6.92 Å². The molecule has 4 nitrogen and oxygen atoms in total. The zero-order chi connectivity index (χ0) is 21.7. The van der Waals surface area contributed by atoms with Gasteiger partial charge in [0.25, 0.3) is 0 Å². The van der Waals surface area contributed by atoms with Crippen LogP contribution < -0.4 is 4.90 Å². The molecule has 1 aliphatic heterocycles. The number of ether oxygens (including phenoxy) is 1. The van der Waals surface area contributed by atoms with E-state index in [9.17, 15) is 0 Å². The number of hydrogen-bond acceptors (Lipinski definition) is 4. The number of pyridine rings is 1. The predicted molar refractivity (Wildman–Crippen MR) is 128 cm³/mol. The monoisotopic (exact) mass is 420 g/mol. The number of nitrogens with zero attached hydrogens (tertiary/aromatic N) is 2. The van der Waals surface area contributed by atoms with Crippen LogP contribution in [0.25, 0.3) is 22.1 Å². The van der Waals surface area contributed by atoms with E-state index >= 15 is 0 Å². The number of aryl methyl sites for hydroxylation is 1. The van der Waals surface area contributed by atoms with Crippen LogP contribution in [0.3, 0.4) is 0 Å². The van der Waals surface area contributed by atoms with Gasteiger partial charge >= 0.3 is 0 Å². The summed E-state index contributed by atoms with van der Waals surface area (Å²) in [4.78, 5) is 6.81. The minimum Gasteiger partial charge on any atom is -0.438 e. The standard InChI is InChI=1S/C28H24N2O2/c1-18-16-25-23(22-14-9-15-29-27(22)31-25)17-24(18)30-19(2)26(20-10-5-3-6-11-20)32-28(30)21-12-7-4-8-13-21/h3-17,19,26,28H,1-2H3/t19-,26?,28?/m0/s1. The molecule has 6 rings (SSSR count). The van der Waals surface area contributed by atoms with E-state index in [-0.39, 0.29) is 18.4 Å². The molecule has 0 saturated carbocycles. The molecule has 3 heterocycles. The van der Waals surface area contributed by atoms with Crippen LogP contribution >= 0.6 is 0 Å². The minimum atomic E-state index is -0.177. The first kappa shape index (κ1) is 19.1. The van der Waals surface area contributed by atoms with E-state index < -0.39 is 0 Å². The molecule has 3 atom stereocenters. The Labute approximate surface area is 187 Å². The first-order chi connectivity index (χ1) is 15.7. The third-order valence-corrected chi connectivity index (χ3v) is 6.46. The summed E-state index contributed by atoms with van der Waals surface area (Å²) in [5, 5.41) is 2.11. The Kier molecular flexibility index (Phi) is 4.47. The van der Waals surface area contributed by atoms with Crippen molar-refractivity contribution in [3.05, 3.63) is 108 Å². The lowest BCUT2D eigenvalue weighted by Gasteiger charge is -2.30. The molecule has 0 N–H and O–H groups in total. The average molecular weight is 421 g/mol. The summed E-state index contributed by atoms with van der Waals surface area (Å²) in [5.74, 6) is 0. The summed E-state index contributed by atoms with van der Waals surface area (Å²) in [7, 11) is 0. The maximum absolute atomic E-state index is 6.74. The van der Waals surface area contributed by atoms with Gasteiger partial charge in [0.1, 0.15) is 11.7 Å². The van der Waals surface area contributed by atoms with Crippen LogP contribution in [0.15, 0.2) is 95.5 Å². The van der Waals surface area contributed by atoms with Gasteiger partial charge in [0, 0.05) is 28.2 Å². The van der Waals surface area contributed by atoms with Crippen LogP contribution in [0.1, 0.15) is 35.9 Å². The zero-order valence-electron chi connectivity index (χ0n) is 18.1. The maximum atomic E-state index is 6.74. The molecule has 5 aromatic rings. The molecule has 158 valence electrons. The van der Waals surface area contributed by atoms with Gasteiger partial charge in [-0.05, 0) is 49.2 Å². The number of furan rings is 1. The first-order valence-corrected chi connectivity index (χ1v) is 11.0. The van der Waals surface area contributed by atoms with E-state index in [1.807, 2.05) is 18.2 Å². The predicted octanol–water partition coefficient (Wildman–Crippen LogP) is 6.95. The molecule has 0 bridgehead atoms. The Bertz CT molecular complexity index is 1390. The van der Waals surface area contributed by atoms with Gasteiger partial charge in [0.05, 0.1) is 6.04 Å². The highest BCUT2D eigenvalue weighted by molar-refractivity contribution is 6.05. The lowest BCUT2D eigenvalue weighted by atomic mass is 10.0. The number of benzene rings is 3. The van der Waals surface area contributed by atoms with Gasteiger partial charge in [-0.25, -0.2) is 4.98 Å². The number of fused-ring (bicyclic) bond motifs is 3. The van der Waals surface area contributed by atoms with Crippen molar-refractivity contribution in [2.24, 2.45) is 0 Å². The van der Waals surface area contributed by atoms with Crippen LogP contribution in [0.2, 0.25) is 0 Å². The second-order valence-corrected chi connectivity index (χ2v) is 8.47. The zero-order valence-corrected chi connectivity index (χ0v) is 18.1. The molecule has 0 spiro atoms. The van der Waals surface area contributed by atoms with Crippen molar-refractivity contribution in [2.75, 3.05) is 4.90 Å². The van der Waals surface area contributed by atoms with E-state index in [2.05, 4.69) is 90.5 Å². The van der Waals surface area contributed by atoms with Gasteiger partial charge < -0.3 is 14.1 Å². The van der Waals surface area contributed by atoms with Crippen molar-refractivity contribution in [1.29, 1.82) is 0 Å². The van der Waals surface area contributed by atoms with Gasteiger partial charge in [0.2, 0.25) is 5.71 Å². The fourth-order valence-corrected chi connectivity index (χ4v) is 4.90. The molecule has 0 radical (unpaired) electrons. The van der Waals surface area contributed by atoms with Crippen LogP contribution in [0.4, 0.5) is 5.69 Å². The summed E-state index contributed by atoms with van der Waals surface area (Å²) in [6.07, 6.45) is 1.56. The fraction of sp³-hybridized carbons (Fsp3) is 0.179. The van der Waals surface area contributed by atoms with Gasteiger partial charge in [-0.15, -0.1) is 0 Å². The van der Waals surface area contributed by atoms with Crippen LogP contribution in [-0.2, 0) is 4.74 Å². The molecule has 1 aliphatic rings. The number of rotatable bonds is 3. The van der Waals surface area contributed by atoms with E-state index in [0.29, 0.717) is 5.71 Å². The van der Waals surface area contributed by atoms with Crippen molar-refractivity contribution in [3.63, 3.8) is 0 Å². The molecule has 1 fully saturated rings. The van der Waals surface area contributed by atoms with Crippen molar-refractivity contribution < 1.29 is 9.15 Å². The lowest BCUT2D eigenvalue weighted by molar-refractivity contribution is 0.0417. The van der Waals surface area contributed by atoms with E-state index in [1.54, 1.807) is 6.20 Å². The Morgan fingerprint density at radius 1 is 0.812 bits per heavy atom. The topological polar surface area (TPSA) is 38.5 Å².